The van der Waals surface area contributed by atoms with Crippen LogP contribution < -0.4 is 15.6 Å². The summed E-state index contributed by atoms with van der Waals surface area (Å²) in [7, 11) is 0. The number of pyridine rings is 1. The lowest BCUT2D eigenvalue weighted by Crippen LogP contribution is -2.31. The molecule has 1 aromatic heterocycles. The second-order valence-corrected chi connectivity index (χ2v) is 5.53. The van der Waals surface area contributed by atoms with Crippen LogP contribution in [0.2, 0.25) is 0 Å². The highest BCUT2D eigenvalue weighted by Crippen LogP contribution is 2.26. The first-order chi connectivity index (χ1) is 11.2. The smallest absolute Gasteiger partial charge is 0.261 e. The van der Waals surface area contributed by atoms with Gasteiger partial charge in [0.2, 0.25) is 0 Å². The SMILES string of the molecule is CCOc1cc(=O)n2c(c1C(=O)Nc1ccccc1)CCCC2. The highest BCUT2D eigenvalue weighted by molar-refractivity contribution is 6.07. The molecule has 1 aliphatic rings. The van der Waals surface area contributed by atoms with E-state index in [1.54, 1.807) is 4.57 Å². The zero-order valence-electron chi connectivity index (χ0n) is 13.2. The van der Waals surface area contributed by atoms with E-state index in [-0.39, 0.29) is 11.5 Å². The number of carbonyl (C=O) groups excluding carboxylic acids is 1. The Morgan fingerprint density at radius 1 is 1.26 bits per heavy atom. The number of para-hydroxylation sites is 1. The van der Waals surface area contributed by atoms with Gasteiger partial charge in [0.25, 0.3) is 11.5 Å². The van der Waals surface area contributed by atoms with E-state index in [4.69, 9.17) is 4.74 Å². The van der Waals surface area contributed by atoms with Crippen molar-refractivity contribution in [3.8, 4) is 5.75 Å². The lowest BCUT2D eigenvalue weighted by molar-refractivity contribution is 0.102. The average molecular weight is 312 g/mol. The van der Waals surface area contributed by atoms with Gasteiger partial charge in [-0.3, -0.25) is 9.59 Å². The number of ether oxygens (including phenoxy) is 1. The van der Waals surface area contributed by atoms with Crippen molar-refractivity contribution in [3.05, 3.63) is 58.0 Å². The molecule has 0 bridgehead atoms. The summed E-state index contributed by atoms with van der Waals surface area (Å²) >= 11 is 0. The van der Waals surface area contributed by atoms with Crippen molar-refractivity contribution in [1.29, 1.82) is 0 Å². The number of hydrogen-bond donors (Lipinski definition) is 1. The number of carbonyl (C=O) groups is 1. The third-order valence-corrected chi connectivity index (χ3v) is 3.99. The van der Waals surface area contributed by atoms with Gasteiger partial charge in [-0.05, 0) is 38.3 Å². The fourth-order valence-corrected chi connectivity index (χ4v) is 2.97. The number of fused-ring (bicyclic) bond motifs is 1. The van der Waals surface area contributed by atoms with Gasteiger partial charge < -0.3 is 14.6 Å². The molecule has 1 aliphatic heterocycles. The van der Waals surface area contributed by atoms with Crippen LogP contribution in [0.3, 0.4) is 0 Å². The molecular weight excluding hydrogens is 292 g/mol. The summed E-state index contributed by atoms with van der Waals surface area (Å²) in [5.74, 6) is 0.143. The van der Waals surface area contributed by atoms with Crippen molar-refractivity contribution in [2.45, 2.75) is 32.7 Å². The van der Waals surface area contributed by atoms with E-state index in [2.05, 4.69) is 5.32 Å². The van der Waals surface area contributed by atoms with Crippen LogP contribution >= 0.6 is 0 Å². The maximum Gasteiger partial charge on any atom is 0.261 e. The van der Waals surface area contributed by atoms with Crippen molar-refractivity contribution in [2.75, 3.05) is 11.9 Å². The highest BCUT2D eigenvalue weighted by Gasteiger charge is 2.24. The predicted molar refractivity (Wildman–Crippen MR) is 89.2 cm³/mol. The molecule has 3 rings (SSSR count). The van der Waals surface area contributed by atoms with Crippen molar-refractivity contribution in [2.24, 2.45) is 0 Å². The standard InChI is InChI=1S/C18H20N2O3/c1-2-23-15-12-16(21)20-11-7-6-10-14(20)17(15)18(22)19-13-8-4-3-5-9-13/h3-5,8-9,12H,2,6-7,10-11H2,1H3,(H,19,22). The third-order valence-electron chi connectivity index (χ3n) is 3.99. The quantitative estimate of drug-likeness (QED) is 0.944. The van der Waals surface area contributed by atoms with E-state index in [1.165, 1.54) is 6.07 Å². The van der Waals surface area contributed by atoms with Crippen LogP contribution in [0.4, 0.5) is 5.69 Å². The van der Waals surface area contributed by atoms with Crippen molar-refractivity contribution < 1.29 is 9.53 Å². The van der Waals surface area contributed by atoms with Crippen molar-refractivity contribution in [3.63, 3.8) is 0 Å². The first kappa shape index (κ1) is 15.3. The molecule has 2 heterocycles. The van der Waals surface area contributed by atoms with Gasteiger partial charge in [-0.15, -0.1) is 0 Å². The van der Waals surface area contributed by atoms with Crippen molar-refractivity contribution in [1.82, 2.24) is 4.57 Å². The van der Waals surface area contributed by atoms with Gasteiger partial charge in [0, 0.05) is 24.0 Å². The lowest BCUT2D eigenvalue weighted by atomic mass is 10.0. The molecule has 0 radical (unpaired) electrons. The summed E-state index contributed by atoms with van der Waals surface area (Å²) in [6, 6.07) is 10.7. The van der Waals surface area contributed by atoms with Gasteiger partial charge in [0.15, 0.2) is 0 Å². The molecule has 5 nitrogen and oxygen atoms in total. The van der Waals surface area contributed by atoms with Crippen LogP contribution in [-0.4, -0.2) is 17.1 Å². The van der Waals surface area contributed by atoms with E-state index >= 15 is 0 Å². The zero-order valence-corrected chi connectivity index (χ0v) is 13.2. The number of benzene rings is 1. The Morgan fingerprint density at radius 3 is 2.78 bits per heavy atom. The molecule has 1 aromatic carbocycles. The molecule has 0 atom stereocenters. The van der Waals surface area contributed by atoms with Gasteiger partial charge in [0.05, 0.1) is 6.61 Å². The van der Waals surface area contributed by atoms with Crippen LogP contribution in [0.5, 0.6) is 5.75 Å². The number of hydrogen-bond acceptors (Lipinski definition) is 3. The van der Waals surface area contributed by atoms with Gasteiger partial charge in [-0.2, -0.15) is 0 Å². The van der Waals surface area contributed by atoms with Crippen LogP contribution in [0, 0.1) is 0 Å². The molecule has 1 amide bonds. The summed E-state index contributed by atoms with van der Waals surface area (Å²) < 4.78 is 7.27. The largest absolute Gasteiger partial charge is 0.493 e. The summed E-state index contributed by atoms with van der Waals surface area (Å²) in [5.41, 5.74) is 1.88. The minimum absolute atomic E-state index is 0.0978. The van der Waals surface area contributed by atoms with Crippen LogP contribution in [0.25, 0.3) is 0 Å². The zero-order chi connectivity index (χ0) is 16.2. The number of nitrogens with one attached hydrogen (secondary N) is 1. The molecular formula is C18H20N2O3. The molecule has 120 valence electrons. The summed E-state index contributed by atoms with van der Waals surface area (Å²) in [6.07, 6.45) is 2.65. The lowest BCUT2D eigenvalue weighted by Gasteiger charge is -2.23. The Balaban J connectivity index is 2.05. The van der Waals surface area contributed by atoms with Gasteiger partial charge in [-0.1, -0.05) is 18.2 Å². The third kappa shape index (κ3) is 3.13. The molecule has 23 heavy (non-hydrogen) atoms. The summed E-state index contributed by atoms with van der Waals surface area (Å²) in [6.45, 7) is 2.91. The number of aromatic nitrogens is 1. The second kappa shape index (κ2) is 6.69. The average Bonchev–Trinajstić information content (AvgIpc) is 2.56. The number of anilines is 1. The first-order valence-electron chi connectivity index (χ1n) is 7.96. The predicted octanol–water partition coefficient (Wildman–Crippen LogP) is 2.84. The molecule has 0 aliphatic carbocycles. The van der Waals surface area contributed by atoms with E-state index in [9.17, 15) is 9.59 Å². The summed E-state index contributed by atoms with van der Waals surface area (Å²) in [4.78, 5) is 25.0. The fourth-order valence-electron chi connectivity index (χ4n) is 2.97. The second-order valence-electron chi connectivity index (χ2n) is 5.53. The Labute approximate surface area is 134 Å². The Morgan fingerprint density at radius 2 is 2.04 bits per heavy atom. The first-order valence-corrected chi connectivity index (χ1v) is 7.96. The topological polar surface area (TPSA) is 60.3 Å². The Kier molecular flexibility index (Phi) is 4.46. The monoisotopic (exact) mass is 312 g/mol. The maximum absolute atomic E-state index is 12.8. The maximum atomic E-state index is 12.8. The normalized spacial score (nSPS) is 13.3. The van der Waals surface area contributed by atoms with Crippen LogP contribution in [0.1, 0.15) is 35.8 Å². The molecule has 0 unspecified atom stereocenters. The Bertz CT molecular complexity index is 766. The fraction of sp³-hybridized carbons (Fsp3) is 0.333. The molecule has 5 heteroatoms. The highest BCUT2D eigenvalue weighted by atomic mass is 16.5. The molecule has 0 saturated carbocycles. The molecule has 1 N–H and O–H groups in total. The van der Waals surface area contributed by atoms with Gasteiger partial charge in [0.1, 0.15) is 11.3 Å². The van der Waals surface area contributed by atoms with E-state index < -0.39 is 0 Å². The van der Waals surface area contributed by atoms with Gasteiger partial charge in [-0.25, -0.2) is 0 Å². The van der Waals surface area contributed by atoms with Crippen molar-refractivity contribution >= 4 is 11.6 Å². The van der Waals surface area contributed by atoms with E-state index in [1.807, 2.05) is 37.3 Å². The summed E-state index contributed by atoms with van der Waals surface area (Å²) in [5, 5.41) is 2.89. The minimum Gasteiger partial charge on any atom is -0.493 e. The van der Waals surface area contributed by atoms with Gasteiger partial charge >= 0.3 is 0 Å². The van der Waals surface area contributed by atoms with E-state index in [0.717, 1.165) is 24.2 Å². The molecule has 0 saturated heterocycles. The molecule has 2 aromatic rings. The Hall–Kier alpha value is -2.56. The van der Waals surface area contributed by atoms with E-state index in [0.29, 0.717) is 30.9 Å². The number of nitrogens with zero attached hydrogens (tertiary/aromatic N) is 1. The van der Waals surface area contributed by atoms with Crippen LogP contribution in [-0.2, 0) is 13.0 Å². The number of rotatable bonds is 4. The molecule has 0 spiro atoms. The number of amides is 1. The van der Waals surface area contributed by atoms with Crippen LogP contribution in [0.15, 0.2) is 41.2 Å². The minimum atomic E-state index is -0.231. The molecule has 0 fully saturated rings.